The molecule has 0 aliphatic rings. The molecule has 0 spiro atoms. The molecule has 1 N–H and O–H groups in total. The standard InChI is InChI=1S/C18H20O3/c1-18(2,3)13-8-10-14(11-9-13)21-12-17(20)15-6-4-5-7-16(15)19/h4-11,19H,12H2,1-3H3. The highest BCUT2D eigenvalue weighted by molar-refractivity contribution is 5.99. The molecule has 0 unspecified atom stereocenters. The third kappa shape index (κ3) is 3.85. The Morgan fingerprint density at radius 1 is 1.05 bits per heavy atom. The Morgan fingerprint density at radius 3 is 2.24 bits per heavy atom. The summed E-state index contributed by atoms with van der Waals surface area (Å²) < 4.78 is 5.48. The number of benzene rings is 2. The summed E-state index contributed by atoms with van der Waals surface area (Å²) in [5.41, 5.74) is 1.58. The first-order chi connectivity index (χ1) is 9.88. The van der Waals surface area contributed by atoms with Crippen LogP contribution in [0.2, 0.25) is 0 Å². The van der Waals surface area contributed by atoms with Gasteiger partial charge in [-0.3, -0.25) is 4.79 Å². The monoisotopic (exact) mass is 284 g/mol. The molecule has 0 radical (unpaired) electrons. The molecule has 0 aromatic heterocycles. The summed E-state index contributed by atoms with van der Waals surface area (Å²) in [6.45, 7) is 6.34. The fourth-order valence-corrected chi connectivity index (χ4v) is 1.99. The van der Waals surface area contributed by atoms with Crippen LogP contribution in [0.3, 0.4) is 0 Å². The van der Waals surface area contributed by atoms with Crippen LogP contribution >= 0.6 is 0 Å². The van der Waals surface area contributed by atoms with Crippen LogP contribution in [0.15, 0.2) is 48.5 Å². The van der Waals surface area contributed by atoms with Crippen LogP contribution in [0.25, 0.3) is 0 Å². The quantitative estimate of drug-likeness (QED) is 0.865. The zero-order chi connectivity index (χ0) is 15.5. The van der Waals surface area contributed by atoms with E-state index in [1.807, 2.05) is 24.3 Å². The van der Waals surface area contributed by atoms with E-state index in [0.29, 0.717) is 5.75 Å². The van der Waals surface area contributed by atoms with Gasteiger partial charge in [0.1, 0.15) is 11.5 Å². The van der Waals surface area contributed by atoms with Crippen LogP contribution in [0.5, 0.6) is 11.5 Å². The lowest BCUT2D eigenvalue weighted by molar-refractivity contribution is 0.0919. The molecule has 0 fully saturated rings. The van der Waals surface area contributed by atoms with Crippen molar-refractivity contribution in [3.63, 3.8) is 0 Å². The highest BCUT2D eigenvalue weighted by atomic mass is 16.5. The van der Waals surface area contributed by atoms with Gasteiger partial charge in [0.2, 0.25) is 5.78 Å². The normalized spacial score (nSPS) is 11.2. The first kappa shape index (κ1) is 15.1. The van der Waals surface area contributed by atoms with Crippen LogP contribution in [0.4, 0.5) is 0 Å². The van der Waals surface area contributed by atoms with Crippen LogP contribution < -0.4 is 4.74 Å². The number of carbonyl (C=O) groups is 1. The minimum atomic E-state index is -0.243. The second-order valence-corrected chi connectivity index (χ2v) is 6.00. The summed E-state index contributed by atoms with van der Waals surface area (Å²) in [6, 6.07) is 14.2. The molecule has 2 aromatic rings. The highest BCUT2D eigenvalue weighted by Gasteiger charge is 2.14. The zero-order valence-corrected chi connectivity index (χ0v) is 12.6. The van der Waals surface area contributed by atoms with Gasteiger partial charge in [-0.05, 0) is 35.2 Å². The molecule has 0 saturated heterocycles. The Balaban J connectivity index is 2.00. The van der Waals surface area contributed by atoms with Gasteiger partial charge in [-0.2, -0.15) is 0 Å². The largest absolute Gasteiger partial charge is 0.507 e. The summed E-state index contributed by atoms with van der Waals surface area (Å²) in [5.74, 6) is 0.383. The van der Waals surface area contributed by atoms with Crippen molar-refractivity contribution in [2.45, 2.75) is 26.2 Å². The predicted molar refractivity (Wildman–Crippen MR) is 83.1 cm³/mol. The number of carbonyl (C=O) groups excluding carboxylic acids is 1. The fraction of sp³-hybridized carbons (Fsp3) is 0.278. The molecule has 3 nitrogen and oxygen atoms in total. The fourth-order valence-electron chi connectivity index (χ4n) is 1.99. The van der Waals surface area contributed by atoms with Crippen molar-refractivity contribution in [1.82, 2.24) is 0 Å². The molecule has 0 aliphatic carbocycles. The lowest BCUT2D eigenvalue weighted by Gasteiger charge is -2.19. The third-order valence-electron chi connectivity index (χ3n) is 3.29. The summed E-state index contributed by atoms with van der Waals surface area (Å²) >= 11 is 0. The van der Waals surface area contributed by atoms with Gasteiger partial charge in [-0.1, -0.05) is 45.0 Å². The van der Waals surface area contributed by atoms with Gasteiger partial charge >= 0.3 is 0 Å². The number of phenolic OH excluding ortho intramolecular Hbond substituents is 1. The Morgan fingerprint density at radius 2 is 1.67 bits per heavy atom. The van der Waals surface area contributed by atoms with Gasteiger partial charge in [-0.25, -0.2) is 0 Å². The molecule has 21 heavy (non-hydrogen) atoms. The van der Waals surface area contributed by atoms with Crippen molar-refractivity contribution in [3.8, 4) is 11.5 Å². The number of aromatic hydroxyl groups is 1. The number of para-hydroxylation sites is 1. The topological polar surface area (TPSA) is 46.5 Å². The van der Waals surface area contributed by atoms with E-state index in [4.69, 9.17) is 4.74 Å². The summed E-state index contributed by atoms with van der Waals surface area (Å²) in [6.07, 6.45) is 0. The van der Waals surface area contributed by atoms with Crippen LogP contribution in [0, 0.1) is 0 Å². The van der Waals surface area contributed by atoms with Crippen molar-refractivity contribution in [3.05, 3.63) is 59.7 Å². The number of hydrogen-bond donors (Lipinski definition) is 1. The minimum absolute atomic E-state index is 0.0193. The number of hydrogen-bond acceptors (Lipinski definition) is 3. The lowest BCUT2D eigenvalue weighted by atomic mass is 9.87. The van der Waals surface area contributed by atoms with Gasteiger partial charge in [0.05, 0.1) is 5.56 Å². The van der Waals surface area contributed by atoms with Crippen LogP contribution in [0.1, 0.15) is 36.7 Å². The molecule has 0 bridgehead atoms. The molecule has 110 valence electrons. The Labute approximate surface area is 125 Å². The summed E-state index contributed by atoms with van der Waals surface area (Å²) in [5, 5.41) is 9.63. The van der Waals surface area contributed by atoms with Crippen LogP contribution in [-0.4, -0.2) is 17.5 Å². The van der Waals surface area contributed by atoms with Crippen molar-refractivity contribution in [1.29, 1.82) is 0 Å². The third-order valence-corrected chi connectivity index (χ3v) is 3.29. The molecule has 3 heteroatoms. The molecule has 0 saturated carbocycles. The lowest BCUT2D eigenvalue weighted by Crippen LogP contribution is -2.13. The second kappa shape index (κ2) is 6.00. The van der Waals surface area contributed by atoms with E-state index >= 15 is 0 Å². The number of ketones is 1. The molecule has 0 atom stereocenters. The van der Waals surface area contributed by atoms with Gasteiger partial charge in [-0.15, -0.1) is 0 Å². The van der Waals surface area contributed by atoms with Gasteiger partial charge < -0.3 is 9.84 Å². The van der Waals surface area contributed by atoms with Crippen molar-refractivity contribution >= 4 is 5.78 Å². The van der Waals surface area contributed by atoms with E-state index in [1.54, 1.807) is 18.2 Å². The molecule has 2 rings (SSSR count). The maximum atomic E-state index is 12.0. The number of Topliss-reactive ketones (excluding diaryl/α,β-unsaturated/α-hetero) is 1. The van der Waals surface area contributed by atoms with E-state index in [2.05, 4.69) is 20.8 Å². The van der Waals surface area contributed by atoms with Crippen molar-refractivity contribution in [2.24, 2.45) is 0 Å². The molecule has 0 amide bonds. The molecule has 2 aromatic carbocycles. The van der Waals surface area contributed by atoms with E-state index in [1.165, 1.54) is 11.6 Å². The number of phenols is 1. The average molecular weight is 284 g/mol. The molecule has 0 heterocycles. The predicted octanol–water partition coefficient (Wildman–Crippen LogP) is 3.95. The van der Waals surface area contributed by atoms with Gasteiger partial charge in [0.25, 0.3) is 0 Å². The Hall–Kier alpha value is -2.29. The van der Waals surface area contributed by atoms with Crippen LogP contribution in [-0.2, 0) is 5.41 Å². The SMILES string of the molecule is CC(C)(C)c1ccc(OCC(=O)c2ccccc2O)cc1. The zero-order valence-electron chi connectivity index (χ0n) is 12.6. The van der Waals surface area contributed by atoms with Gasteiger partial charge in [0.15, 0.2) is 6.61 Å². The highest BCUT2D eigenvalue weighted by Crippen LogP contribution is 2.24. The number of rotatable bonds is 4. The van der Waals surface area contributed by atoms with E-state index in [-0.39, 0.29) is 29.1 Å². The van der Waals surface area contributed by atoms with E-state index < -0.39 is 0 Å². The summed E-state index contributed by atoms with van der Waals surface area (Å²) in [4.78, 5) is 12.0. The second-order valence-electron chi connectivity index (χ2n) is 6.00. The van der Waals surface area contributed by atoms with E-state index in [0.717, 1.165) is 0 Å². The number of ether oxygens (including phenoxy) is 1. The van der Waals surface area contributed by atoms with Crippen molar-refractivity contribution < 1.29 is 14.6 Å². The van der Waals surface area contributed by atoms with Crippen molar-refractivity contribution in [2.75, 3.05) is 6.61 Å². The smallest absolute Gasteiger partial charge is 0.203 e. The maximum Gasteiger partial charge on any atom is 0.203 e. The van der Waals surface area contributed by atoms with E-state index in [9.17, 15) is 9.90 Å². The first-order valence-electron chi connectivity index (χ1n) is 6.92. The molecular formula is C18H20O3. The maximum absolute atomic E-state index is 12.0. The van der Waals surface area contributed by atoms with Gasteiger partial charge in [0, 0.05) is 0 Å². The minimum Gasteiger partial charge on any atom is -0.507 e. The molecular weight excluding hydrogens is 264 g/mol. The molecule has 0 aliphatic heterocycles. The Kier molecular flexibility index (Phi) is 4.32. The first-order valence-corrected chi connectivity index (χ1v) is 6.92. The Bertz CT molecular complexity index is 622. The average Bonchev–Trinajstić information content (AvgIpc) is 2.45. The summed E-state index contributed by atoms with van der Waals surface area (Å²) in [7, 11) is 0.